The molecule has 0 bridgehead atoms. The van der Waals surface area contributed by atoms with Crippen molar-refractivity contribution in [3.8, 4) is 0 Å². The van der Waals surface area contributed by atoms with Gasteiger partial charge in [0, 0.05) is 30.8 Å². The first-order valence-electron chi connectivity index (χ1n) is 8.99. The van der Waals surface area contributed by atoms with Gasteiger partial charge in [-0.1, -0.05) is 0 Å². The number of hydrogen-bond acceptors (Lipinski definition) is 4. The smallest absolute Gasteiger partial charge is 0.210 e. The molecule has 0 radical (unpaired) electrons. The van der Waals surface area contributed by atoms with Crippen LogP contribution >= 0.6 is 0 Å². The lowest BCUT2D eigenvalue weighted by molar-refractivity contribution is -0.121. The Morgan fingerprint density at radius 3 is 2.92 bits per heavy atom. The van der Waals surface area contributed by atoms with Crippen LogP contribution in [0.15, 0.2) is 12.3 Å². The maximum absolute atomic E-state index is 11.3. The molecule has 1 unspecified atom stereocenters. The third-order valence-electron chi connectivity index (χ3n) is 5.57. The number of carbonyl (C=O) groups excluding carboxylic acids is 1. The van der Waals surface area contributed by atoms with Crippen LogP contribution in [0.2, 0.25) is 0 Å². The number of carbonyl (C=O) groups is 1. The van der Waals surface area contributed by atoms with Crippen LogP contribution in [-0.4, -0.2) is 38.5 Å². The van der Waals surface area contributed by atoms with E-state index in [1.165, 1.54) is 5.56 Å². The minimum atomic E-state index is 0.0848. The van der Waals surface area contributed by atoms with Gasteiger partial charge in [0.1, 0.15) is 0 Å². The minimum Gasteiger partial charge on any atom is -0.337 e. The lowest BCUT2D eigenvalue weighted by Gasteiger charge is -2.31. The Morgan fingerprint density at radius 2 is 2.17 bits per heavy atom. The predicted octanol–water partition coefficient (Wildman–Crippen LogP) is 2.32. The Hall–Kier alpha value is -1.95. The Kier molecular flexibility index (Phi) is 4.00. The first-order chi connectivity index (χ1) is 11.7. The second-order valence-electron chi connectivity index (χ2n) is 7.31. The van der Waals surface area contributed by atoms with Crippen molar-refractivity contribution >= 4 is 12.1 Å². The number of hydrogen-bond donors (Lipinski definition) is 1. The van der Waals surface area contributed by atoms with Crippen molar-refractivity contribution in [2.75, 3.05) is 6.54 Å². The normalized spacial score (nSPS) is 27.8. The van der Waals surface area contributed by atoms with Gasteiger partial charge in [-0.25, -0.2) is 9.50 Å². The summed E-state index contributed by atoms with van der Waals surface area (Å²) in [7, 11) is 0. The molecule has 0 aromatic carbocycles. The number of piperidine rings is 1. The lowest BCUT2D eigenvalue weighted by Crippen LogP contribution is -2.32. The summed E-state index contributed by atoms with van der Waals surface area (Å²) < 4.78 is 1.86. The van der Waals surface area contributed by atoms with Crippen molar-refractivity contribution in [3.63, 3.8) is 0 Å². The van der Waals surface area contributed by atoms with Crippen molar-refractivity contribution < 1.29 is 4.79 Å². The summed E-state index contributed by atoms with van der Waals surface area (Å²) in [6.07, 6.45) is 9.44. The van der Waals surface area contributed by atoms with Crippen LogP contribution in [0, 0.1) is 6.92 Å². The Bertz CT molecular complexity index is 755. The Labute approximate surface area is 142 Å². The van der Waals surface area contributed by atoms with Gasteiger partial charge in [0.05, 0.1) is 17.4 Å². The third kappa shape index (κ3) is 2.69. The van der Waals surface area contributed by atoms with Crippen LogP contribution in [0.3, 0.4) is 0 Å². The van der Waals surface area contributed by atoms with Crippen LogP contribution in [0.4, 0.5) is 0 Å². The molecule has 24 heavy (non-hydrogen) atoms. The van der Waals surface area contributed by atoms with E-state index in [-0.39, 0.29) is 6.04 Å². The van der Waals surface area contributed by atoms with Crippen LogP contribution < -0.4 is 5.73 Å². The summed E-state index contributed by atoms with van der Waals surface area (Å²) in [5.41, 5.74) is 10.2. The average Bonchev–Trinajstić information content (AvgIpc) is 3.19. The van der Waals surface area contributed by atoms with E-state index in [4.69, 9.17) is 15.8 Å². The second kappa shape index (κ2) is 6.16. The van der Waals surface area contributed by atoms with E-state index in [1.54, 1.807) is 0 Å². The molecular weight excluding hydrogens is 302 g/mol. The maximum Gasteiger partial charge on any atom is 0.210 e. The van der Waals surface area contributed by atoms with Crippen LogP contribution in [0.1, 0.15) is 67.4 Å². The Morgan fingerprint density at radius 1 is 1.29 bits per heavy atom. The molecule has 4 rings (SSSR count). The molecule has 128 valence electrons. The van der Waals surface area contributed by atoms with Crippen LogP contribution in [0.25, 0.3) is 5.65 Å². The SMILES string of the molecule is Cc1cn2nc([C@@H]3CCCCN3C=O)cc2nc1C1CC[C@H](N)C1. The number of aromatic nitrogens is 3. The number of nitrogens with zero attached hydrogens (tertiary/aromatic N) is 4. The van der Waals surface area contributed by atoms with Crippen LogP contribution in [-0.2, 0) is 4.79 Å². The number of likely N-dealkylation sites (tertiary alicyclic amines) is 1. The lowest BCUT2D eigenvalue weighted by atomic mass is 9.99. The first kappa shape index (κ1) is 15.6. The fourth-order valence-electron chi connectivity index (χ4n) is 4.28. The largest absolute Gasteiger partial charge is 0.337 e. The molecule has 2 N–H and O–H groups in total. The average molecular weight is 327 g/mol. The molecule has 1 aliphatic heterocycles. The van der Waals surface area contributed by atoms with Gasteiger partial charge in [-0.15, -0.1) is 0 Å². The molecular formula is C18H25N5O. The number of rotatable bonds is 3. The second-order valence-corrected chi connectivity index (χ2v) is 7.31. The zero-order valence-corrected chi connectivity index (χ0v) is 14.2. The van der Waals surface area contributed by atoms with Crippen molar-refractivity contribution in [1.29, 1.82) is 0 Å². The molecule has 1 saturated heterocycles. The van der Waals surface area contributed by atoms with Gasteiger partial charge in [-0.2, -0.15) is 5.10 Å². The standard InChI is InChI=1S/C18H25N5O/c1-12-10-23-17(20-18(12)13-5-6-14(19)8-13)9-15(21-23)16-4-2-3-7-22(16)11-24/h9-11,13-14,16H,2-8,19H2,1H3/t13?,14-,16-/m0/s1. The van der Waals surface area contributed by atoms with Crippen molar-refractivity contribution in [2.45, 2.75) is 63.5 Å². The molecule has 3 atom stereocenters. The maximum atomic E-state index is 11.3. The molecule has 2 aromatic rings. The third-order valence-corrected chi connectivity index (χ3v) is 5.57. The topological polar surface area (TPSA) is 76.5 Å². The number of amides is 1. The van der Waals surface area contributed by atoms with E-state index in [1.807, 2.05) is 15.5 Å². The van der Waals surface area contributed by atoms with Gasteiger partial charge in [-0.3, -0.25) is 4.79 Å². The zero-order valence-electron chi connectivity index (χ0n) is 14.2. The molecule has 6 heteroatoms. The van der Waals surface area contributed by atoms with Crippen molar-refractivity contribution in [1.82, 2.24) is 19.5 Å². The fraction of sp³-hybridized carbons (Fsp3) is 0.611. The summed E-state index contributed by atoms with van der Waals surface area (Å²) in [4.78, 5) is 18.1. The highest BCUT2D eigenvalue weighted by atomic mass is 16.1. The van der Waals surface area contributed by atoms with Gasteiger partial charge in [0.25, 0.3) is 0 Å². The van der Waals surface area contributed by atoms with E-state index in [0.29, 0.717) is 12.0 Å². The number of fused-ring (bicyclic) bond motifs is 1. The highest BCUT2D eigenvalue weighted by molar-refractivity contribution is 5.50. The molecule has 0 spiro atoms. The van der Waals surface area contributed by atoms with E-state index in [2.05, 4.69) is 13.1 Å². The van der Waals surface area contributed by atoms with Crippen molar-refractivity contribution in [3.05, 3.63) is 29.2 Å². The van der Waals surface area contributed by atoms with Gasteiger partial charge < -0.3 is 10.6 Å². The summed E-state index contributed by atoms with van der Waals surface area (Å²) in [6, 6.07) is 2.43. The number of aryl methyl sites for hydroxylation is 1. The van der Waals surface area contributed by atoms with Crippen molar-refractivity contribution in [2.24, 2.45) is 5.73 Å². The van der Waals surface area contributed by atoms with E-state index >= 15 is 0 Å². The van der Waals surface area contributed by atoms with E-state index in [9.17, 15) is 4.79 Å². The molecule has 6 nitrogen and oxygen atoms in total. The number of nitrogens with two attached hydrogens (primary N) is 1. The molecule has 3 heterocycles. The Balaban J connectivity index is 1.69. The summed E-state index contributed by atoms with van der Waals surface area (Å²) >= 11 is 0. The molecule has 2 aromatic heterocycles. The summed E-state index contributed by atoms with van der Waals surface area (Å²) in [6.45, 7) is 2.92. The molecule has 1 amide bonds. The predicted molar refractivity (Wildman–Crippen MR) is 91.7 cm³/mol. The fourth-order valence-corrected chi connectivity index (χ4v) is 4.28. The van der Waals surface area contributed by atoms with E-state index < -0.39 is 0 Å². The highest BCUT2D eigenvalue weighted by Crippen LogP contribution is 2.35. The monoisotopic (exact) mass is 327 g/mol. The van der Waals surface area contributed by atoms with Crippen LogP contribution in [0.5, 0.6) is 0 Å². The quantitative estimate of drug-likeness (QED) is 0.878. The highest BCUT2D eigenvalue weighted by Gasteiger charge is 2.28. The molecule has 1 saturated carbocycles. The van der Waals surface area contributed by atoms with Gasteiger partial charge >= 0.3 is 0 Å². The minimum absolute atomic E-state index is 0.0848. The molecule has 2 fully saturated rings. The molecule has 1 aliphatic carbocycles. The summed E-state index contributed by atoms with van der Waals surface area (Å²) in [5.74, 6) is 0.463. The van der Waals surface area contributed by atoms with Gasteiger partial charge in [0.15, 0.2) is 5.65 Å². The van der Waals surface area contributed by atoms with Gasteiger partial charge in [0.2, 0.25) is 6.41 Å². The van der Waals surface area contributed by atoms with E-state index in [0.717, 1.165) is 68.5 Å². The first-order valence-corrected chi connectivity index (χ1v) is 8.99. The summed E-state index contributed by atoms with van der Waals surface area (Å²) in [5, 5.41) is 4.71. The zero-order chi connectivity index (χ0) is 16.7. The van der Waals surface area contributed by atoms with Gasteiger partial charge in [-0.05, 0) is 51.0 Å². The molecule has 2 aliphatic rings.